The normalized spacial score (nSPS) is 21.4. The molecule has 136 valence electrons. The maximum atomic E-state index is 12.5. The molecule has 2 saturated heterocycles. The Labute approximate surface area is 149 Å². The summed E-state index contributed by atoms with van der Waals surface area (Å²) in [5.74, 6) is 0.341. The molecule has 0 aromatic heterocycles. The monoisotopic (exact) mass is 344 g/mol. The molecule has 25 heavy (non-hydrogen) atoms. The lowest BCUT2D eigenvalue weighted by Gasteiger charge is -2.34. The number of carbonyl (C=O) groups is 2. The molecule has 5 nitrogen and oxygen atoms in total. The van der Waals surface area contributed by atoms with Crippen molar-refractivity contribution < 1.29 is 14.3 Å². The third-order valence-corrected chi connectivity index (χ3v) is 5.11. The molecule has 0 saturated carbocycles. The van der Waals surface area contributed by atoms with Crippen molar-refractivity contribution in [3.05, 3.63) is 35.9 Å². The zero-order chi connectivity index (χ0) is 17.5. The van der Waals surface area contributed by atoms with Crippen LogP contribution in [-0.2, 0) is 20.7 Å². The van der Waals surface area contributed by atoms with Gasteiger partial charge >= 0.3 is 0 Å². The maximum Gasteiger partial charge on any atom is 0.224 e. The van der Waals surface area contributed by atoms with E-state index >= 15 is 0 Å². The lowest BCUT2D eigenvalue weighted by molar-refractivity contribution is -0.140. The molecule has 2 aliphatic rings. The molecule has 2 aliphatic heterocycles. The number of benzene rings is 1. The Morgan fingerprint density at radius 1 is 1.16 bits per heavy atom. The Kier molecular flexibility index (Phi) is 6.45. The summed E-state index contributed by atoms with van der Waals surface area (Å²) in [6.07, 6.45) is 5.10. The smallest absolute Gasteiger partial charge is 0.224 e. The summed E-state index contributed by atoms with van der Waals surface area (Å²) in [6.45, 7) is 3.29. The molecule has 0 N–H and O–H groups in total. The number of rotatable bonds is 6. The van der Waals surface area contributed by atoms with E-state index in [0.717, 1.165) is 32.2 Å². The number of hydrogen-bond acceptors (Lipinski definition) is 3. The summed E-state index contributed by atoms with van der Waals surface area (Å²) >= 11 is 0. The number of likely N-dealkylation sites (tertiary alicyclic amines) is 1. The van der Waals surface area contributed by atoms with Gasteiger partial charge in [-0.25, -0.2) is 0 Å². The number of ether oxygens (including phenoxy) is 1. The molecular weight excluding hydrogens is 316 g/mol. The van der Waals surface area contributed by atoms with Gasteiger partial charge in [-0.2, -0.15) is 0 Å². The largest absolute Gasteiger partial charge is 0.375 e. The summed E-state index contributed by atoms with van der Waals surface area (Å²) in [6, 6.07) is 10.4. The Morgan fingerprint density at radius 2 is 2.00 bits per heavy atom. The highest BCUT2D eigenvalue weighted by Crippen LogP contribution is 2.15. The van der Waals surface area contributed by atoms with Crippen molar-refractivity contribution in [1.29, 1.82) is 0 Å². The summed E-state index contributed by atoms with van der Waals surface area (Å²) in [4.78, 5) is 28.1. The van der Waals surface area contributed by atoms with Crippen molar-refractivity contribution in [3.63, 3.8) is 0 Å². The molecule has 3 rings (SSSR count). The second kappa shape index (κ2) is 8.99. The summed E-state index contributed by atoms with van der Waals surface area (Å²) in [5.41, 5.74) is 1.30. The average molecular weight is 344 g/mol. The standard InChI is InChI=1S/C20H28N2O3/c23-19-8-4-5-12-21(19)13-11-20(24)22-14-15-25-18(16-22)10-9-17-6-2-1-3-7-17/h1-3,6-7,18H,4-5,8-16H2/t18-/m1/s1. The van der Waals surface area contributed by atoms with Crippen LogP contribution in [0.4, 0.5) is 0 Å². The van der Waals surface area contributed by atoms with E-state index in [1.165, 1.54) is 5.56 Å². The van der Waals surface area contributed by atoms with Gasteiger partial charge in [-0.15, -0.1) is 0 Å². The van der Waals surface area contributed by atoms with Gasteiger partial charge in [0, 0.05) is 39.0 Å². The summed E-state index contributed by atoms with van der Waals surface area (Å²) in [7, 11) is 0. The number of hydrogen-bond donors (Lipinski definition) is 0. The number of amides is 2. The molecule has 1 aromatic rings. The summed E-state index contributed by atoms with van der Waals surface area (Å²) < 4.78 is 5.83. The highest BCUT2D eigenvalue weighted by atomic mass is 16.5. The lowest BCUT2D eigenvalue weighted by atomic mass is 10.1. The zero-order valence-corrected chi connectivity index (χ0v) is 14.9. The number of morpholine rings is 1. The van der Waals surface area contributed by atoms with Gasteiger partial charge in [-0.1, -0.05) is 30.3 Å². The van der Waals surface area contributed by atoms with Crippen LogP contribution < -0.4 is 0 Å². The third-order valence-electron chi connectivity index (χ3n) is 5.11. The van der Waals surface area contributed by atoms with Crippen molar-refractivity contribution in [2.75, 3.05) is 32.8 Å². The predicted molar refractivity (Wildman–Crippen MR) is 96.1 cm³/mol. The molecule has 2 fully saturated rings. The van der Waals surface area contributed by atoms with Crippen LogP contribution in [0.5, 0.6) is 0 Å². The first-order chi connectivity index (χ1) is 12.2. The molecule has 5 heteroatoms. The van der Waals surface area contributed by atoms with Crippen LogP contribution in [-0.4, -0.2) is 60.5 Å². The molecular formula is C20H28N2O3. The minimum Gasteiger partial charge on any atom is -0.375 e. The van der Waals surface area contributed by atoms with E-state index in [1.54, 1.807) is 0 Å². The van der Waals surface area contributed by atoms with Crippen LogP contribution in [0, 0.1) is 0 Å². The molecule has 1 atom stereocenters. The first-order valence-corrected chi connectivity index (χ1v) is 9.43. The Balaban J connectivity index is 1.42. The highest BCUT2D eigenvalue weighted by molar-refractivity contribution is 5.79. The van der Waals surface area contributed by atoms with Crippen molar-refractivity contribution >= 4 is 11.8 Å². The highest BCUT2D eigenvalue weighted by Gasteiger charge is 2.25. The Bertz CT molecular complexity index is 576. The Hall–Kier alpha value is -1.88. The first-order valence-electron chi connectivity index (χ1n) is 9.43. The van der Waals surface area contributed by atoms with Gasteiger partial charge in [0.05, 0.1) is 12.7 Å². The molecule has 0 aliphatic carbocycles. The van der Waals surface area contributed by atoms with Gasteiger partial charge in [-0.05, 0) is 31.2 Å². The van der Waals surface area contributed by atoms with Gasteiger partial charge in [-0.3, -0.25) is 9.59 Å². The Morgan fingerprint density at radius 3 is 2.80 bits per heavy atom. The number of carbonyl (C=O) groups excluding carboxylic acids is 2. The van der Waals surface area contributed by atoms with E-state index in [4.69, 9.17) is 4.74 Å². The third kappa shape index (κ3) is 5.30. The lowest BCUT2D eigenvalue weighted by Crippen LogP contribution is -2.47. The van der Waals surface area contributed by atoms with Crippen molar-refractivity contribution in [3.8, 4) is 0 Å². The van der Waals surface area contributed by atoms with Crippen molar-refractivity contribution in [2.24, 2.45) is 0 Å². The van der Waals surface area contributed by atoms with Gasteiger partial charge in [0.1, 0.15) is 0 Å². The van der Waals surface area contributed by atoms with Crippen molar-refractivity contribution in [2.45, 2.75) is 44.6 Å². The van der Waals surface area contributed by atoms with Gasteiger partial charge in [0.25, 0.3) is 0 Å². The van der Waals surface area contributed by atoms with E-state index in [-0.39, 0.29) is 17.9 Å². The van der Waals surface area contributed by atoms with Gasteiger partial charge < -0.3 is 14.5 Å². The van der Waals surface area contributed by atoms with E-state index in [2.05, 4.69) is 24.3 Å². The second-order valence-electron chi connectivity index (χ2n) is 6.94. The fourth-order valence-electron chi connectivity index (χ4n) is 3.58. The quantitative estimate of drug-likeness (QED) is 0.795. The van der Waals surface area contributed by atoms with Crippen LogP contribution in [0.15, 0.2) is 30.3 Å². The fraction of sp³-hybridized carbons (Fsp3) is 0.600. The van der Waals surface area contributed by atoms with Gasteiger partial charge in [0.15, 0.2) is 0 Å². The van der Waals surface area contributed by atoms with Crippen LogP contribution in [0.25, 0.3) is 0 Å². The molecule has 0 spiro atoms. The summed E-state index contributed by atoms with van der Waals surface area (Å²) in [5, 5.41) is 0. The average Bonchev–Trinajstić information content (AvgIpc) is 2.66. The first kappa shape index (κ1) is 17.9. The zero-order valence-electron chi connectivity index (χ0n) is 14.9. The number of aryl methyl sites for hydroxylation is 1. The molecule has 0 bridgehead atoms. The minimum atomic E-state index is 0.106. The van der Waals surface area contributed by atoms with E-state index in [9.17, 15) is 9.59 Å². The van der Waals surface area contributed by atoms with E-state index in [0.29, 0.717) is 39.1 Å². The topological polar surface area (TPSA) is 49.9 Å². The molecule has 1 aromatic carbocycles. The van der Waals surface area contributed by atoms with Crippen molar-refractivity contribution in [1.82, 2.24) is 9.80 Å². The van der Waals surface area contributed by atoms with E-state index in [1.807, 2.05) is 15.9 Å². The SMILES string of the molecule is O=C1CCCCN1CCC(=O)N1CCO[C@H](CCc2ccccc2)C1. The van der Waals surface area contributed by atoms with Crippen LogP contribution in [0.3, 0.4) is 0 Å². The number of piperidine rings is 1. The maximum absolute atomic E-state index is 12.5. The molecule has 0 radical (unpaired) electrons. The molecule has 2 amide bonds. The van der Waals surface area contributed by atoms with Gasteiger partial charge in [0.2, 0.25) is 11.8 Å². The number of nitrogens with zero attached hydrogens (tertiary/aromatic N) is 2. The predicted octanol–water partition coefficient (Wildman–Crippen LogP) is 2.25. The van der Waals surface area contributed by atoms with Crippen LogP contribution >= 0.6 is 0 Å². The van der Waals surface area contributed by atoms with E-state index < -0.39 is 0 Å². The van der Waals surface area contributed by atoms with Crippen LogP contribution in [0.2, 0.25) is 0 Å². The molecule has 2 heterocycles. The van der Waals surface area contributed by atoms with Crippen LogP contribution in [0.1, 0.15) is 37.7 Å². The fourth-order valence-corrected chi connectivity index (χ4v) is 3.58. The molecule has 0 unspecified atom stereocenters. The second-order valence-corrected chi connectivity index (χ2v) is 6.94. The minimum absolute atomic E-state index is 0.106.